The number of pyridine rings is 2. The van der Waals surface area contributed by atoms with Crippen molar-refractivity contribution in [3.8, 4) is 22.5 Å². The normalized spacial score (nSPS) is 16.6. The van der Waals surface area contributed by atoms with Crippen molar-refractivity contribution in [2.45, 2.75) is 6.42 Å². The van der Waals surface area contributed by atoms with E-state index in [4.69, 9.17) is 0 Å². The molecule has 0 aromatic carbocycles. The van der Waals surface area contributed by atoms with Crippen molar-refractivity contribution < 1.29 is 4.79 Å². The molecule has 0 spiro atoms. The van der Waals surface area contributed by atoms with Gasteiger partial charge in [0.15, 0.2) is 0 Å². The van der Waals surface area contributed by atoms with E-state index in [0.717, 1.165) is 70.6 Å². The molecule has 7 heteroatoms. The molecule has 1 amide bonds. The highest BCUT2D eigenvalue weighted by Gasteiger charge is 2.20. The Hall–Kier alpha value is -2.80. The maximum absolute atomic E-state index is 12.0. The topological polar surface area (TPSA) is 73.9 Å². The van der Waals surface area contributed by atoms with Crippen LogP contribution in [0.25, 0.3) is 22.5 Å². The smallest absolute Gasteiger partial charge is 0.253 e. The zero-order valence-electron chi connectivity index (χ0n) is 15.4. The molecule has 0 saturated carbocycles. The van der Waals surface area contributed by atoms with Gasteiger partial charge < -0.3 is 15.2 Å². The van der Waals surface area contributed by atoms with Crippen molar-refractivity contribution >= 4 is 23.5 Å². The number of H-pyrrole nitrogens is 1. The van der Waals surface area contributed by atoms with Crippen LogP contribution in [0.15, 0.2) is 42.7 Å². The second-order valence-corrected chi connectivity index (χ2v) is 8.24. The number of rotatable bonds is 3. The van der Waals surface area contributed by atoms with Gasteiger partial charge in [0.25, 0.3) is 5.91 Å². The monoisotopic (exact) mass is 391 g/mol. The van der Waals surface area contributed by atoms with Crippen molar-refractivity contribution in [1.82, 2.24) is 20.3 Å². The summed E-state index contributed by atoms with van der Waals surface area (Å²) in [6.45, 7) is 2.78. The number of carbonyl (C=O) groups excluding carboxylic acids is 1. The summed E-state index contributed by atoms with van der Waals surface area (Å²) in [5.41, 5.74) is 5.58. The molecule has 2 N–H and O–H groups in total. The number of hydrogen-bond acceptors (Lipinski definition) is 5. The Morgan fingerprint density at radius 2 is 1.93 bits per heavy atom. The molecule has 1 saturated heterocycles. The molecule has 3 aromatic heterocycles. The molecule has 2 aliphatic heterocycles. The first-order chi connectivity index (χ1) is 13.8. The van der Waals surface area contributed by atoms with Gasteiger partial charge in [0.1, 0.15) is 5.82 Å². The molecule has 142 valence electrons. The van der Waals surface area contributed by atoms with E-state index in [0.29, 0.717) is 6.54 Å². The Morgan fingerprint density at radius 3 is 2.71 bits per heavy atom. The number of nitrogens with one attached hydrogen (secondary N) is 2. The second kappa shape index (κ2) is 7.31. The standard InChI is InChI=1S/C21H21N5OS/c27-21-16-12-19(25-17(16)4-6-23-21)14-3-5-22-18(11-14)15-1-2-20(24-13-15)26-7-9-28-10-8-26/h1-3,5,11-13,25H,4,6-10H2,(H,23,27). The van der Waals surface area contributed by atoms with Gasteiger partial charge in [0, 0.05) is 72.5 Å². The fourth-order valence-corrected chi connectivity index (χ4v) is 4.63. The van der Waals surface area contributed by atoms with E-state index in [-0.39, 0.29) is 5.91 Å². The molecular formula is C21H21N5OS. The molecule has 6 nitrogen and oxygen atoms in total. The van der Waals surface area contributed by atoms with E-state index >= 15 is 0 Å². The molecule has 2 aliphatic rings. The lowest BCUT2D eigenvalue weighted by Gasteiger charge is -2.27. The summed E-state index contributed by atoms with van der Waals surface area (Å²) < 4.78 is 0. The number of aromatic nitrogens is 3. The Bertz CT molecular complexity index is 1010. The SMILES string of the molecule is O=C1NCCc2[nH]c(-c3ccnc(-c4ccc(N5CCSCC5)nc4)c3)cc21. The van der Waals surface area contributed by atoms with Gasteiger partial charge in [-0.05, 0) is 30.3 Å². The summed E-state index contributed by atoms with van der Waals surface area (Å²) in [5.74, 6) is 3.34. The van der Waals surface area contributed by atoms with Gasteiger partial charge in [-0.25, -0.2) is 4.98 Å². The number of amides is 1. The quantitative estimate of drug-likeness (QED) is 0.718. The largest absolute Gasteiger partial charge is 0.358 e. The van der Waals surface area contributed by atoms with Gasteiger partial charge in [0.2, 0.25) is 0 Å². The number of fused-ring (bicyclic) bond motifs is 1. The highest BCUT2D eigenvalue weighted by Crippen LogP contribution is 2.27. The number of carbonyl (C=O) groups is 1. The van der Waals surface area contributed by atoms with E-state index in [1.807, 2.05) is 36.2 Å². The van der Waals surface area contributed by atoms with Crippen molar-refractivity contribution in [3.63, 3.8) is 0 Å². The molecule has 0 radical (unpaired) electrons. The van der Waals surface area contributed by atoms with Crippen LogP contribution in [0.1, 0.15) is 16.1 Å². The number of nitrogens with zero attached hydrogens (tertiary/aromatic N) is 3. The molecule has 5 heterocycles. The Labute approximate surface area is 167 Å². The lowest BCUT2D eigenvalue weighted by Crippen LogP contribution is -2.32. The van der Waals surface area contributed by atoms with Crippen molar-refractivity contribution in [1.29, 1.82) is 0 Å². The Morgan fingerprint density at radius 1 is 1.04 bits per heavy atom. The maximum Gasteiger partial charge on any atom is 0.253 e. The molecule has 0 aliphatic carbocycles. The third-order valence-electron chi connectivity index (χ3n) is 5.25. The van der Waals surface area contributed by atoms with E-state index in [2.05, 4.69) is 37.3 Å². The van der Waals surface area contributed by atoms with Gasteiger partial charge in [-0.2, -0.15) is 11.8 Å². The summed E-state index contributed by atoms with van der Waals surface area (Å²) in [5, 5.41) is 2.89. The minimum atomic E-state index is -0.00562. The van der Waals surface area contributed by atoms with Crippen LogP contribution in [0.5, 0.6) is 0 Å². The number of hydrogen-bond donors (Lipinski definition) is 2. The summed E-state index contributed by atoms with van der Waals surface area (Å²) in [6.07, 6.45) is 4.54. The molecule has 28 heavy (non-hydrogen) atoms. The fourth-order valence-electron chi connectivity index (χ4n) is 3.72. The zero-order chi connectivity index (χ0) is 18.9. The van der Waals surface area contributed by atoms with Crippen LogP contribution in [0, 0.1) is 0 Å². The minimum Gasteiger partial charge on any atom is -0.358 e. The Balaban J connectivity index is 1.42. The third kappa shape index (κ3) is 3.26. The molecule has 3 aromatic rings. The van der Waals surface area contributed by atoms with Gasteiger partial charge in [-0.15, -0.1) is 0 Å². The average molecular weight is 392 g/mol. The van der Waals surface area contributed by atoms with Crippen molar-refractivity contribution in [2.24, 2.45) is 0 Å². The molecular weight excluding hydrogens is 370 g/mol. The number of anilines is 1. The molecule has 1 fully saturated rings. The predicted octanol–water partition coefficient (Wildman–Crippen LogP) is 2.98. The lowest BCUT2D eigenvalue weighted by molar-refractivity contribution is 0.0946. The molecule has 5 rings (SSSR count). The highest BCUT2D eigenvalue weighted by molar-refractivity contribution is 7.99. The van der Waals surface area contributed by atoms with E-state index < -0.39 is 0 Å². The first-order valence-electron chi connectivity index (χ1n) is 9.53. The van der Waals surface area contributed by atoms with Crippen LogP contribution in [0.2, 0.25) is 0 Å². The van der Waals surface area contributed by atoms with Crippen molar-refractivity contribution in [3.05, 3.63) is 54.0 Å². The molecule has 0 atom stereocenters. The molecule has 0 unspecified atom stereocenters. The first-order valence-corrected chi connectivity index (χ1v) is 10.7. The Kier molecular flexibility index (Phi) is 4.52. The minimum absolute atomic E-state index is 0.00562. The summed E-state index contributed by atoms with van der Waals surface area (Å²) in [4.78, 5) is 26.9. The predicted molar refractivity (Wildman–Crippen MR) is 113 cm³/mol. The molecule has 0 bridgehead atoms. The van der Waals surface area contributed by atoms with E-state index in [9.17, 15) is 4.79 Å². The first kappa shape index (κ1) is 17.3. The van der Waals surface area contributed by atoms with Crippen LogP contribution in [0.4, 0.5) is 5.82 Å². The van der Waals surface area contributed by atoms with Crippen LogP contribution in [0.3, 0.4) is 0 Å². The number of thioether (sulfide) groups is 1. The summed E-state index contributed by atoms with van der Waals surface area (Å²) in [7, 11) is 0. The van der Waals surface area contributed by atoms with Crippen molar-refractivity contribution in [2.75, 3.05) is 36.0 Å². The second-order valence-electron chi connectivity index (χ2n) is 7.02. The fraction of sp³-hybridized carbons (Fsp3) is 0.286. The highest BCUT2D eigenvalue weighted by atomic mass is 32.2. The van der Waals surface area contributed by atoms with Crippen LogP contribution < -0.4 is 10.2 Å². The summed E-state index contributed by atoms with van der Waals surface area (Å²) in [6, 6.07) is 10.1. The van der Waals surface area contributed by atoms with Crippen LogP contribution >= 0.6 is 11.8 Å². The van der Waals surface area contributed by atoms with Gasteiger partial charge in [-0.1, -0.05) is 0 Å². The summed E-state index contributed by atoms with van der Waals surface area (Å²) >= 11 is 2.00. The van der Waals surface area contributed by atoms with E-state index in [1.54, 1.807) is 6.20 Å². The maximum atomic E-state index is 12.0. The van der Waals surface area contributed by atoms with Crippen LogP contribution in [-0.2, 0) is 6.42 Å². The third-order valence-corrected chi connectivity index (χ3v) is 6.20. The lowest BCUT2D eigenvalue weighted by atomic mass is 10.1. The van der Waals surface area contributed by atoms with Crippen LogP contribution in [-0.4, -0.2) is 52.0 Å². The average Bonchev–Trinajstić information content (AvgIpc) is 3.21. The van der Waals surface area contributed by atoms with E-state index in [1.165, 1.54) is 0 Å². The number of aromatic amines is 1. The van der Waals surface area contributed by atoms with Gasteiger partial charge in [-0.3, -0.25) is 9.78 Å². The zero-order valence-corrected chi connectivity index (χ0v) is 16.3. The van der Waals surface area contributed by atoms with Gasteiger partial charge >= 0.3 is 0 Å². The van der Waals surface area contributed by atoms with Gasteiger partial charge in [0.05, 0.1) is 11.3 Å².